The first-order chi connectivity index (χ1) is 12.8. The number of aliphatic hydroxyl groups is 2. The average Bonchev–Trinajstić information content (AvgIpc) is 2.59. The second-order valence-electron chi connectivity index (χ2n) is 9.45. The van der Waals surface area contributed by atoms with E-state index in [1.165, 1.54) is 6.92 Å². The number of aliphatic hydroxyl groups excluding tert-OH is 1. The summed E-state index contributed by atoms with van der Waals surface area (Å²) in [5.74, 6) is -1.02. The van der Waals surface area contributed by atoms with Gasteiger partial charge in [0.15, 0.2) is 5.78 Å². The minimum absolute atomic E-state index is 0.0384. The molecule has 6 heteroatoms. The highest BCUT2D eigenvalue weighted by Gasteiger charge is 2.58. The summed E-state index contributed by atoms with van der Waals surface area (Å²) in [6.07, 6.45) is 2.01. The van der Waals surface area contributed by atoms with E-state index in [9.17, 15) is 19.8 Å². The zero-order chi connectivity index (χ0) is 21.1. The van der Waals surface area contributed by atoms with Crippen LogP contribution in [0, 0.1) is 16.7 Å². The zero-order valence-corrected chi connectivity index (χ0v) is 17.7. The van der Waals surface area contributed by atoms with Gasteiger partial charge in [-0.2, -0.15) is 4.89 Å². The molecule has 3 aliphatic rings. The van der Waals surface area contributed by atoms with Gasteiger partial charge in [0.25, 0.3) is 0 Å². The third kappa shape index (κ3) is 2.97. The van der Waals surface area contributed by atoms with Crippen molar-refractivity contribution in [2.45, 2.75) is 85.0 Å². The van der Waals surface area contributed by atoms with Gasteiger partial charge < -0.3 is 10.2 Å². The lowest BCUT2D eigenvalue weighted by Gasteiger charge is -2.54. The van der Waals surface area contributed by atoms with Crippen LogP contribution in [0.3, 0.4) is 0 Å². The molecule has 3 rings (SSSR count). The van der Waals surface area contributed by atoms with E-state index in [4.69, 9.17) is 4.89 Å². The van der Waals surface area contributed by atoms with Crippen LogP contribution >= 0.6 is 0 Å². The molecule has 156 valence electrons. The molecular weight excluding hydrogens is 360 g/mol. The Hall–Kier alpha value is -1.50. The average molecular weight is 392 g/mol. The number of allylic oxidation sites excluding steroid dienone is 1. The Morgan fingerprint density at radius 3 is 2.54 bits per heavy atom. The predicted molar refractivity (Wildman–Crippen MR) is 103 cm³/mol. The topological polar surface area (TPSA) is 93.1 Å². The summed E-state index contributed by atoms with van der Waals surface area (Å²) in [5.41, 5.74) is -0.0489. The van der Waals surface area contributed by atoms with Crippen LogP contribution in [0.5, 0.6) is 0 Å². The molecule has 1 fully saturated rings. The fourth-order valence-corrected chi connectivity index (χ4v) is 5.60. The molecule has 2 bridgehead atoms. The molecule has 5 atom stereocenters. The second-order valence-corrected chi connectivity index (χ2v) is 9.45. The molecule has 2 unspecified atom stereocenters. The minimum Gasteiger partial charge on any atom is -0.392 e. The highest BCUT2D eigenvalue weighted by Crippen LogP contribution is 2.57. The van der Waals surface area contributed by atoms with Crippen LogP contribution in [0.4, 0.5) is 0 Å². The van der Waals surface area contributed by atoms with Gasteiger partial charge in [-0.15, -0.1) is 0 Å². The van der Waals surface area contributed by atoms with E-state index in [-0.39, 0.29) is 12.2 Å². The molecule has 0 aromatic carbocycles. The maximum Gasteiger partial charge on any atom is 0.339 e. The lowest BCUT2D eigenvalue weighted by Crippen LogP contribution is -2.57. The van der Waals surface area contributed by atoms with E-state index in [0.717, 1.165) is 17.6 Å². The zero-order valence-electron chi connectivity index (χ0n) is 17.7. The van der Waals surface area contributed by atoms with E-state index in [1.807, 2.05) is 27.7 Å². The van der Waals surface area contributed by atoms with E-state index in [2.05, 4.69) is 4.89 Å². The van der Waals surface area contributed by atoms with E-state index >= 15 is 0 Å². The predicted octanol–water partition coefficient (Wildman–Crippen LogP) is 3.02. The Labute approximate surface area is 166 Å². The van der Waals surface area contributed by atoms with Crippen LogP contribution in [0.25, 0.3) is 0 Å². The molecule has 0 aromatic rings. The minimum atomic E-state index is -1.13. The number of fused-ring (bicyclic) bond motifs is 3. The summed E-state index contributed by atoms with van der Waals surface area (Å²) in [4.78, 5) is 34.6. The molecule has 2 N–H and O–H groups in total. The maximum absolute atomic E-state index is 13.6. The van der Waals surface area contributed by atoms with Gasteiger partial charge in [-0.05, 0) is 26.7 Å². The molecule has 3 aliphatic carbocycles. The standard InChI is InChI=1S/C22H32O6/c1-12-7-8-22(26)11-15-9-16(28-27-14(3)23)10-17(24)21(15,6)19(25)13(2)18(12)20(22,4)5/h11,13,16-17,24,26H,7-10H2,1-6H3/b15-11-/t13?,16?,17-,21-,22+/m0/s1. The number of carbonyl (C=O) groups is 2. The summed E-state index contributed by atoms with van der Waals surface area (Å²) < 4.78 is 0. The van der Waals surface area contributed by atoms with Crippen LogP contribution in [-0.4, -0.2) is 39.8 Å². The van der Waals surface area contributed by atoms with Crippen molar-refractivity contribution in [2.24, 2.45) is 16.7 Å². The number of hydrogen-bond acceptors (Lipinski definition) is 6. The Morgan fingerprint density at radius 1 is 1.29 bits per heavy atom. The van der Waals surface area contributed by atoms with Gasteiger partial charge in [0.2, 0.25) is 0 Å². The van der Waals surface area contributed by atoms with Gasteiger partial charge in [-0.1, -0.05) is 43.6 Å². The summed E-state index contributed by atoms with van der Waals surface area (Å²) in [5, 5.41) is 22.6. The van der Waals surface area contributed by atoms with Crippen molar-refractivity contribution in [1.29, 1.82) is 0 Å². The number of rotatable bonds is 2. The third-order valence-corrected chi connectivity index (χ3v) is 7.42. The van der Waals surface area contributed by atoms with E-state index < -0.39 is 40.5 Å². The molecule has 0 heterocycles. The van der Waals surface area contributed by atoms with Crippen molar-refractivity contribution < 1.29 is 29.6 Å². The molecule has 0 radical (unpaired) electrons. The second kappa shape index (κ2) is 6.78. The first-order valence-corrected chi connectivity index (χ1v) is 10.1. The lowest BCUT2D eigenvalue weighted by atomic mass is 9.52. The first-order valence-electron chi connectivity index (χ1n) is 10.1. The van der Waals surface area contributed by atoms with Gasteiger partial charge in [-0.3, -0.25) is 9.68 Å². The first kappa shape index (κ1) is 21.2. The Bertz CT molecular complexity index is 763. The van der Waals surface area contributed by atoms with Crippen molar-refractivity contribution in [2.75, 3.05) is 0 Å². The summed E-state index contributed by atoms with van der Waals surface area (Å²) in [6, 6.07) is 0. The lowest BCUT2D eigenvalue weighted by molar-refractivity contribution is -0.303. The molecule has 1 saturated carbocycles. The molecule has 28 heavy (non-hydrogen) atoms. The highest BCUT2D eigenvalue weighted by molar-refractivity contribution is 5.93. The van der Waals surface area contributed by atoms with Crippen LogP contribution in [-0.2, 0) is 19.4 Å². The smallest absolute Gasteiger partial charge is 0.339 e. The van der Waals surface area contributed by atoms with Crippen LogP contribution in [0.15, 0.2) is 22.8 Å². The van der Waals surface area contributed by atoms with Crippen molar-refractivity contribution >= 4 is 11.8 Å². The molecule has 6 nitrogen and oxygen atoms in total. The van der Waals surface area contributed by atoms with Crippen LogP contribution < -0.4 is 0 Å². The summed E-state index contributed by atoms with van der Waals surface area (Å²) >= 11 is 0. The van der Waals surface area contributed by atoms with E-state index in [0.29, 0.717) is 18.4 Å². The highest BCUT2D eigenvalue weighted by atomic mass is 17.2. The number of Topliss-reactive ketones (excluding diaryl/α,β-unsaturated/α-hetero) is 1. The van der Waals surface area contributed by atoms with Crippen LogP contribution in [0.2, 0.25) is 0 Å². The van der Waals surface area contributed by atoms with Crippen molar-refractivity contribution in [1.82, 2.24) is 0 Å². The molecule has 0 amide bonds. The molecule has 0 spiro atoms. The number of ketones is 1. The van der Waals surface area contributed by atoms with Gasteiger partial charge in [-0.25, -0.2) is 4.79 Å². The monoisotopic (exact) mass is 392 g/mol. The van der Waals surface area contributed by atoms with Gasteiger partial charge in [0.1, 0.15) is 6.10 Å². The van der Waals surface area contributed by atoms with Crippen molar-refractivity contribution in [3.8, 4) is 0 Å². The molecule has 0 aromatic heterocycles. The van der Waals surface area contributed by atoms with Gasteiger partial charge >= 0.3 is 5.97 Å². The molecule has 0 saturated heterocycles. The largest absolute Gasteiger partial charge is 0.392 e. The van der Waals surface area contributed by atoms with Gasteiger partial charge in [0.05, 0.1) is 17.1 Å². The Morgan fingerprint density at radius 2 is 1.93 bits per heavy atom. The molecular formula is C22H32O6. The summed E-state index contributed by atoms with van der Waals surface area (Å²) in [7, 11) is 0. The van der Waals surface area contributed by atoms with Crippen LogP contribution in [0.1, 0.15) is 67.2 Å². The quantitative estimate of drug-likeness (QED) is 0.426. The Balaban J connectivity index is 2.14. The summed E-state index contributed by atoms with van der Waals surface area (Å²) in [6.45, 7) is 10.9. The number of hydrogen-bond donors (Lipinski definition) is 2. The SMILES string of the molecule is CC(=O)OOC1C/C2=C/[C@]3(O)CCC(C)=C(C(C)C(=O)[C@]2(C)[C@@H](O)C1)C3(C)C. The normalized spacial score (nSPS) is 42.1. The van der Waals surface area contributed by atoms with Gasteiger partial charge in [0, 0.05) is 31.1 Å². The fraction of sp³-hybridized carbons (Fsp3) is 0.727. The number of carbonyl (C=O) groups excluding carboxylic acids is 2. The maximum atomic E-state index is 13.6. The fourth-order valence-electron chi connectivity index (χ4n) is 5.60. The van der Waals surface area contributed by atoms with Crippen molar-refractivity contribution in [3.63, 3.8) is 0 Å². The third-order valence-electron chi connectivity index (χ3n) is 7.42. The van der Waals surface area contributed by atoms with E-state index in [1.54, 1.807) is 13.0 Å². The molecule has 0 aliphatic heterocycles. The van der Waals surface area contributed by atoms with Crippen molar-refractivity contribution in [3.05, 3.63) is 22.8 Å². The Kier molecular flexibility index (Phi) is 5.14.